The third kappa shape index (κ3) is 4.23. The second-order valence-corrected chi connectivity index (χ2v) is 8.42. The summed E-state index contributed by atoms with van der Waals surface area (Å²) in [6.07, 6.45) is 5.30. The van der Waals surface area contributed by atoms with Crippen LogP contribution in [0.5, 0.6) is 0 Å². The minimum absolute atomic E-state index is 0.0500. The SMILES string of the molecule is O=C(C1CCN(S(=O)(=O)NC2CCCC2)CC1)N1CCOCC1. The van der Waals surface area contributed by atoms with E-state index in [4.69, 9.17) is 4.74 Å². The van der Waals surface area contributed by atoms with Gasteiger partial charge in [0.15, 0.2) is 0 Å². The van der Waals surface area contributed by atoms with Crippen LogP contribution in [0.1, 0.15) is 38.5 Å². The molecule has 8 heteroatoms. The summed E-state index contributed by atoms with van der Waals surface area (Å²) in [6.45, 7) is 3.38. The van der Waals surface area contributed by atoms with Crippen molar-refractivity contribution < 1.29 is 17.9 Å². The molecule has 0 atom stereocenters. The van der Waals surface area contributed by atoms with Crippen molar-refractivity contribution in [2.75, 3.05) is 39.4 Å². The molecule has 1 aliphatic carbocycles. The van der Waals surface area contributed by atoms with Gasteiger partial charge in [-0.25, -0.2) is 0 Å². The Labute approximate surface area is 138 Å². The van der Waals surface area contributed by atoms with E-state index in [2.05, 4.69) is 4.72 Å². The molecule has 0 unspecified atom stereocenters. The van der Waals surface area contributed by atoms with Crippen molar-refractivity contribution in [1.29, 1.82) is 0 Å². The molecule has 3 aliphatic rings. The number of carbonyl (C=O) groups excluding carboxylic acids is 1. The molecule has 0 radical (unpaired) electrons. The van der Waals surface area contributed by atoms with Crippen molar-refractivity contribution in [2.24, 2.45) is 5.92 Å². The first-order valence-corrected chi connectivity index (χ1v) is 10.1. The van der Waals surface area contributed by atoms with Crippen molar-refractivity contribution in [3.63, 3.8) is 0 Å². The molecule has 0 aromatic carbocycles. The smallest absolute Gasteiger partial charge is 0.279 e. The zero-order chi connectivity index (χ0) is 16.3. The topological polar surface area (TPSA) is 79.0 Å². The highest BCUT2D eigenvalue weighted by molar-refractivity contribution is 7.87. The van der Waals surface area contributed by atoms with Gasteiger partial charge in [-0.1, -0.05) is 12.8 Å². The summed E-state index contributed by atoms with van der Waals surface area (Å²) < 4.78 is 34.4. The van der Waals surface area contributed by atoms with Crippen LogP contribution >= 0.6 is 0 Å². The van der Waals surface area contributed by atoms with Gasteiger partial charge in [-0.3, -0.25) is 4.79 Å². The van der Waals surface area contributed by atoms with E-state index in [0.717, 1.165) is 25.7 Å². The average Bonchev–Trinajstić information content (AvgIpc) is 3.07. The van der Waals surface area contributed by atoms with Gasteiger partial charge in [0.1, 0.15) is 0 Å². The standard InChI is InChI=1S/C15H27N3O4S/c19-15(17-9-11-22-12-10-17)13-5-7-18(8-6-13)23(20,21)16-14-3-1-2-4-14/h13-14,16H,1-12H2. The van der Waals surface area contributed by atoms with Crippen LogP contribution in [0.3, 0.4) is 0 Å². The highest BCUT2D eigenvalue weighted by Gasteiger charge is 2.34. The predicted molar refractivity (Wildman–Crippen MR) is 86.0 cm³/mol. The molecular formula is C15H27N3O4S. The third-order valence-electron chi connectivity index (χ3n) is 5.14. The monoisotopic (exact) mass is 345 g/mol. The Morgan fingerprint density at radius 2 is 1.57 bits per heavy atom. The summed E-state index contributed by atoms with van der Waals surface area (Å²) in [7, 11) is -3.40. The van der Waals surface area contributed by atoms with Gasteiger partial charge in [-0.15, -0.1) is 0 Å². The first kappa shape index (κ1) is 17.1. The second-order valence-electron chi connectivity index (χ2n) is 6.72. The normalized spacial score (nSPS) is 25.8. The van der Waals surface area contributed by atoms with E-state index < -0.39 is 10.2 Å². The quantitative estimate of drug-likeness (QED) is 0.797. The largest absolute Gasteiger partial charge is 0.378 e. The van der Waals surface area contributed by atoms with E-state index >= 15 is 0 Å². The Hall–Kier alpha value is -0.700. The van der Waals surface area contributed by atoms with Crippen molar-refractivity contribution in [1.82, 2.24) is 13.9 Å². The molecule has 23 heavy (non-hydrogen) atoms. The van der Waals surface area contributed by atoms with Crippen LogP contribution in [0.15, 0.2) is 0 Å². The van der Waals surface area contributed by atoms with Crippen molar-refractivity contribution in [2.45, 2.75) is 44.6 Å². The fourth-order valence-electron chi connectivity index (χ4n) is 3.71. The van der Waals surface area contributed by atoms with E-state index in [-0.39, 0.29) is 17.9 Å². The first-order chi connectivity index (χ1) is 11.1. The molecule has 132 valence electrons. The molecule has 3 fully saturated rings. The molecule has 0 aromatic heterocycles. The molecule has 1 N–H and O–H groups in total. The van der Waals surface area contributed by atoms with Crippen LogP contribution in [0, 0.1) is 5.92 Å². The average molecular weight is 345 g/mol. The van der Waals surface area contributed by atoms with Crippen molar-refractivity contribution >= 4 is 16.1 Å². The van der Waals surface area contributed by atoms with Gasteiger partial charge in [0, 0.05) is 38.1 Å². The Bertz CT molecular complexity index is 505. The Morgan fingerprint density at radius 3 is 2.17 bits per heavy atom. The lowest BCUT2D eigenvalue weighted by atomic mass is 9.96. The minimum Gasteiger partial charge on any atom is -0.378 e. The van der Waals surface area contributed by atoms with Gasteiger partial charge in [-0.2, -0.15) is 17.4 Å². The van der Waals surface area contributed by atoms with Crippen LogP contribution in [-0.4, -0.2) is 69.0 Å². The Morgan fingerprint density at radius 1 is 0.957 bits per heavy atom. The fourth-order valence-corrected chi connectivity index (χ4v) is 5.21. The number of piperidine rings is 1. The van der Waals surface area contributed by atoms with Crippen LogP contribution in [-0.2, 0) is 19.7 Å². The van der Waals surface area contributed by atoms with Crippen LogP contribution < -0.4 is 4.72 Å². The number of nitrogens with zero attached hydrogens (tertiary/aromatic N) is 2. The zero-order valence-corrected chi connectivity index (χ0v) is 14.4. The number of rotatable bonds is 4. The number of morpholine rings is 1. The van der Waals surface area contributed by atoms with Gasteiger partial charge >= 0.3 is 0 Å². The Balaban J connectivity index is 1.50. The lowest BCUT2D eigenvalue weighted by molar-refractivity contribution is -0.140. The molecule has 0 spiro atoms. The second kappa shape index (κ2) is 7.46. The fraction of sp³-hybridized carbons (Fsp3) is 0.933. The van der Waals surface area contributed by atoms with E-state index in [0.29, 0.717) is 52.2 Å². The van der Waals surface area contributed by atoms with Crippen molar-refractivity contribution in [3.8, 4) is 0 Å². The van der Waals surface area contributed by atoms with Crippen LogP contribution in [0.25, 0.3) is 0 Å². The number of hydrogen-bond acceptors (Lipinski definition) is 4. The highest BCUT2D eigenvalue weighted by Crippen LogP contribution is 2.24. The minimum atomic E-state index is -3.40. The summed E-state index contributed by atoms with van der Waals surface area (Å²) in [4.78, 5) is 14.3. The van der Waals surface area contributed by atoms with Crippen LogP contribution in [0.4, 0.5) is 0 Å². The first-order valence-electron chi connectivity index (χ1n) is 8.70. The van der Waals surface area contributed by atoms with E-state index in [1.807, 2.05) is 4.90 Å². The molecule has 2 aliphatic heterocycles. The summed E-state index contributed by atoms with van der Waals surface area (Å²) in [6, 6.07) is 0.0905. The third-order valence-corrected chi connectivity index (χ3v) is 6.81. The van der Waals surface area contributed by atoms with Crippen LogP contribution in [0.2, 0.25) is 0 Å². The molecule has 2 heterocycles. The number of nitrogens with one attached hydrogen (secondary N) is 1. The molecule has 0 bridgehead atoms. The van der Waals surface area contributed by atoms with Crippen molar-refractivity contribution in [3.05, 3.63) is 0 Å². The molecule has 7 nitrogen and oxygen atoms in total. The van der Waals surface area contributed by atoms with E-state index in [9.17, 15) is 13.2 Å². The zero-order valence-electron chi connectivity index (χ0n) is 13.6. The summed E-state index contributed by atoms with van der Waals surface area (Å²) >= 11 is 0. The van der Waals surface area contributed by atoms with E-state index in [1.54, 1.807) is 0 Å². The maximum Gasteiger partial charge on any atom is 0.279 e. The number of amides is 1. The maximum absolute atomic E-state index is 12.5. The number of carbonyl (C=O) groups is 1. The van der Waals surface area contributed by atoms with Gasteiger partial charge in [0.2, 0.25) is 5.91 Å². The highest BCUT2D eigenvalue weighted by atomic mass is 32.2. The number of hydrogen-bond donors (Lipinski definition) is 1. The summed E-state index contributed by atoms with van der Waals surface area (Å²) in [5.41, 5.74) is 0. The molecule has 0 aromatic rings. The summed E-state index contributed by atoms with van der Waals surface area (Å²) in [5, 5.41) is 0. The lowest BCUT2D eigenvalue weighted by Crippen LogP contribution is -2.50. The van der Waals surface area contributed by atoms with E-state index in [1.165, 1.54) is 4.31 Å². The molecular weight excluding hydrogens is 318 g/mol. The lowest BCUT2D eigenvalue weighted by Gasteiger charge is -2.35. The molecule has 1 amide bonds. The molecule has 3 rings (SSSR count). The number of ether oxygens (including phenoxy) is 1. The molecule has 1 saturated carbocycles. The van der Waals surface area contributed by atoms with Gasteiger partial charge < -0.3 is 9.64 Å². The van der Waals surface area contributed by atoms with Gasteiger partial charge in [0.25, 0.3) is 10.2 Å². The van der Waals surface area contributed by atoms with Gasteiger partial charge in [0.05, 0.1) is 13.2 Å². The Kier molecular flexibility index (Phi) is 5.56. The maximum atomic E-state index is 12.5. The summed E-state index contributed by atoms with van der Waals surface area (Å²) in [5.74, 6) is 0.111. The predicted octanol–water partition coefficient (Wildman–Crippen LogP) is 0.334. The van der Waals surface area contributed by atoms with Gasteiger partial charge in [-0.05, 0) is 25.7 Å². The molecule has 2 saturated heterocycles.